The highest BCUT2D eigenvalue weighted by Crippen LogP contribution is 2.39. The van der Waals surface area contributed by atoms with Gasteiger partial charge >= 0.3 is 0 Å². The lowest BCUT2D eigenvalue weighted by molar-refractivity contribution is 0.177. The van der Waals surface area contributed by atoms with Crippen molar-refractivity contribution in [3.63, 3.8) is 0 Å². The van der Waals surface area contributed by atoms with Crippen LogP contribution in [0.15, 0.2) is 22.9 Å². The molecule has 0 amide bonds. The molecule has 1 saturated carbocycles. The van der Waals surface area contributed by atoms with Crippen LogP contribution in [-0.2, 0) is 0 Å². The maximum atomic E-state index is 6.27. The predicted molar refractivity (Wildman–Crippen MR) is 83.1 cm³/mol. The van der Waals surface area contributed by atoms with Gasteiger partial charge < -0.3 is 9.42 Å². The van der Waals surface area contributed by atoms with Crippen LogP contribution in [0.25, 0.3) is 0 Å². The summed E-state index contributed by atoms with van der Waals surface area (Å²) < 4.78 is 5.51. The summed E-state index contributed by atoms with van der Waals surface area (Å²) in [5.74, 6) is 2.88. The quantitative estimate of drug-likeness (QED) is 0.866. The normalized spacial score (nSPS) is 23.0. The van der Waals surface area contributed by atoms with E-state index in [1.54, 1.807) is 6.20 Å². The van der Waals surface area contributed by atoms with E-state index in [4.69, 9.17) is 16.1 Å². The standard InChI is InChI=1S/C15H18ClN5O/c1-20-7-8-21(14-11(16)3-2-6-17-14)9-12(20)15-18-13(19-22-15)10-4-5-10/h2-3,6,10,12H,4-5,7-9H2,1H3/t12-/m0/s1. The van der Waals surface area contributed by atoms with Crippen molar-refractivity contribution in [2.24, 2.45) is 0 Å². The molecule has 22 heavy (non-hydrogen) atoms. The van der Waals surface area contributed by atoms with Gasteiger partial charge in [-0.2, -0.15) is 4.98 Å². The number of halogens is 1. The van der Waals surface area contributed by atoms with Gasteiger partial charge in [0, 0.05) is 31.7 Å². The summed E-state index contributed by atoms with van der Waals surface area (Å²) >= 11 is 6.27. The Kier molecular flexibility index (Phi) is 3.50. The highest BCUT2D eigenvalue weighted by atomic mass is 35.5. The van der Waals surface area contributed by atoms with Crippen LogP contribution in [0.3, 0.4) is 0 Å². The zero-order chi connectivity index (χ0) is 15.1. The van der Waals surface area contributed by atoms with Crippen molar-refractivity contribution < 1.29 is 4.52 Å². The number of nitrogens with zero attached hydrogens (tertiary/aromatic N) is 5. The molecule has 1 atom stereocenters. The fraction of sp³-hybridized carbons (Fsp3) is 0.533. The Morgan fingerprint density at radius 3 is 2.95 bits per heavy atom. The number of anilines is 1. The molecule has 0 aromatic carbocycles. The smallest absolute Gasteiger partial charge is 0.245 e. The van der Waals surface area contributed by atoms with E-state index in [9.17, 15) is 0 Å². The average Bonchev–Trinajstić information content (AvgIpc) is 3.27. The van der Waals surface area contributed by atoms with Gasteiger partial charge in [0.25, 0.3) is 0 Å². The molecule has 2 aromatic rings. The first-order valence-electron chi connectivity index (χ1n) is 7.61. The number of aromatic nitrogens is 3. The van der Waals surface area contributed by atoms with Crippen LogP contribution in [0, 0.1) is 0 Å². The molecule has 116 valence electrons. The Bertz CT molecular complexity index is 671. The number of rotatable bonds is 3. The van der Waals surface area contributed by atoms with Crippen LogP contribution < -0.4 is 4.90 Å². The lowest BCUT2D eigenvalue weighted by Gasteiger charge is -2.38. The molecule has 3 heterocycles. The van der Waals surface area contributed by atoms with E-state index in [0.717, 1.165) is 31.3 Å². The highest BCUT2D eigenvalue weighted by molar-refractivity contribution is 6.32. The third-order valence-electron chi connectivity index (χ3n) is 4.37. The van der Waals surface area contributed by atoms with E-state index in [1.165, 1.54) is 12.8 Å². The van der Waals surface area contributed by atoms with Gasteiger partial charge in [0.1, 0.15) is 11.9 Å². The average molecular weight is 320 g/mol. The molecule has 0 N–H and O–H groups in total. The van der Waals surface area contributed by atoms with E-state index >= 15 is 0 Å². The Morgan fingerprint density at radius 1 is 1.32 bits per heavy atom. The summed E-state index contributed by atoms with van der Waals surface area (Å²) in [4.78, 5) is 13.4. The Hall–Kier alpha value is -1.66. The van der Waals surface area contributed by atoms with Crippen molar-refractivity contribution in [1.82, 2.24) is 20.0 Å². The summed E-state index contributed by atoms with van der Waals surface area (Å²) in [6, 6.07) is 3.79. The van der Waals surface area contributed by atoms with Gasteiger partial charge in [-0.15, -0.1) is 0 Å². The Balaban J connectivity index is 1.57. The van der Waals surface area contributed by atoms with E-state index < -0.39 is 0 Å². The van der Waals surface area contributed by atoms with E-state index in [0.29, 0.717) is 16.8 Å². The molecule has 6 nitrogen and oxygen atoms in total. The van der Waals surface area contributed by atoms with Crippen molar-refractivity contribution >= 4 is 17.4 Å². The zero-order valence-corrected chi connectivity index (χ0v) is 13.2. The summed E-state index contributed by atoms with van der Waals surface area (Å²) in [6.45, 7) is 2.53. The third-order valence-corrected chi connectivity index (χ3v) is 4.67. The minimum Gasteiger partial charge on any atom is -0.352 e. The second kappa shape index (κ2) is 5.52. The van der Waals surface area contributed by atoms with Crippen molar-refractivity contribution in [2.75, 3.05) is 31.6 Å². The summed E-state index contributed by atoms with van der Waals surface area (Å²) in [5.41, 5.74) is 0. The minimum absolute atomic E-state index is 0.0758. The molecular weight excluding hydrogens is 302 g/mol. The number of hydrogen-bond donors (Lipinski definition) is 0. The van der Waals surface area contributed by atoms with Gasteiger partial charge in [0.15, 0.2) is 5.82 Å². The van der Waals surface area contributed by atoms with Gasteiger partial charge in [-0.1, -0.05) is 16.8 Å². The first kappa shape index (κ1) is 14.0. The van der Waals surface area contributed by atoms with E-state index in [2.05, 4.69) is 32.0 Å². The zero-order valence-electron chi connectivity index (χ0n) is 12.4. The molecule has 1 aliphatic heterocycles. The number of hydrogen-bond acceptors (Lipinski definition) is 6. The molecule has 0 spiro atoms. The van der Waals surface area contributed by atoms with Gasteiger partial charge in [0.2, 0.25) is 5.89 Å². The molecule has 0 unspecified atom stereocenters. The van der Waals surface area contributed by atoms with Crippen LogP contribution in [0.2, 0.25) is 5.02 Å². The first-order chi connectivity index (χ1) is 10.7. The number of pyridine rings is 1. The molecule has 2 fully saturated rings. The topological polar surface area (TPSA) is 58.3 Å². The molecular formula is C15H18ClN5O. The minimum atomic E-state index is 0.0758. The van der Waals surface area contributed by atoms with Gasteiger partial charge in [-0.25, -0.2) is 4.98 Å². The Morgan fingerprint density at radius 2 is 2.18 bits per heavy atom. The van der Waals surface area contributed by atoms with Gasteiger partial charge in [0.05, 0.1) is 5.02 Å². The number of likely N-dealkylation sites (N-methyl/N-ethyl adjacent to an activating group) is 1. The second-order valence-electron chi connectivity index (χ2n) is 6.02. The summed E-state index contributed by atoms with van der Waals surface area (Å²) in [5, 5.41) is 4.81. The molecule has 0 radical (unpaired) electrons. The van der Waals surface area contributed by atoms with Crippen molar-refractivity contribution in [1.29, 1.82) is 0 Å². The molecule has 1 saturated heterocycles. The summed E-state index contributed by atoms with van der Waals surface area (Å²) in [6.07, 6.45) is 4.12. The molecule has 2 aromatic heterocycles. The second-order valence-corrected chi connectivity index (χ2v) is 6.42. The van der Waals surface area contributed by atoms with Gasteiger partial charge in [-0.3, -0.25) is 4.90 Å². The maximum absolute atomic E-state index is 6.27. The first-order valence-corrected chi connectivity index (χ1v) is 7.99. The third kappa shape index (κ3) is 2.57. The van der Waals surface area contributed by atoms with Crippen LogP contribution in [0.4, 0.5) is 5.82 Å². The molecule has 2 aliphatic rings. The molecule has 7 heteroatoms. The molecule has 1 aliphatic carbocycles. The van der Waals surface area contributed by atoms with Crippen molar-refractivity contribution in [3.05, 3.63) is 35.1 Å². The van der Waals surface area contributed by atoms with Crippen LogP contribution in [0.5, 0.6) is 0 Å². The SMILES string of the molecule is CN1CCN(c2ncccc2Cl)C[C@H]1c1nc(C2CC2)no1. The largest absolute Gasteiger partial charge is 0.352 e. The lowest BCUT2D eigenvalue weighted by atomic mass is 10.1. The monoisotopic (exact) mass is 319 g/mol. The Labute approximate surface area is 134 Å². The maximum Gasteiger partial charge on any atom is 0.245 e. The highest BCUT2D eigenvalue weighted by Gasteiger charge is 2.34. The molecule has 0 bridgehead atoms. The van der Waals surface area contributed by atoms with Crippen LogP contribution in [-0.4, -0.2) is 46.7 Å². The summed E-state index contributed by atoms with van der Waals surface area (Å²) in [7, 11) is 2.09. The fourth-order valence-electron chi connectivity index (χ4n) is 2.83. The van der Waals surface area contributed by atoms with E-state index in [1.807, 2.05) is 12.1 Å². The lowest BCUT2D eigenvalue weighted by Crippen LogP contribution is -2.47. The van der Waals surface area contributed by atoms with Crippen LogP contribution in [0.1, 0.15) is 36.5 Å². The predicted octanol–water partition coefficient (Wildman–Crippen LogP) is 2.49. The number of piperazine rings is 1. The van der Waals surface area contributed by atoms with Crippen molar-refractivity contribution in [3.8, 4) is 0 Å². The van der Waals surface area contributed by atoms with Crippen LogP contribution >= 0.6 is 11.6 Å². The van der Waals surface area contributed by atoms with Crippen molar-refractivity contribution in [2.45, 2.75) is 24.8 Å². The van der Waals surface area contributed by atoms with E-state index in [-0.39, 0.29) is 6.04 Å². The van der Waals surface area contributed by atoms with Gasteiger partial charge in [-0.05, 0) is 32.0 Å². The molecule has 4 rings (SSSR count). The fourth-order valence-corrected chi connectivity index (χ4v) is 3.07.